The van der Waals surface area contributed by atoms with E-state index in [4.69, 9.17) is 9.84 Å². The van der Waals surface area contributed by atoms with Crippen LogP contribution in [0.5, 0.6) is 0 Å². The summed E-state index contributed by atoms with van der Waals surface area (Å²) >= 11 is 2.71. The van der Waals surface area contributed by atoms with Gasteiger partial charge in [-0.15, -0.1) is 16.4 Å². The van der Waals surface area contributed by atoms with Gasteiger partial charge in [-0.25, -0.2) is 14.5 Å². The number of carbonyl (C=O) groups is 2. The highest BCUT2D eigenvalue weighted by molar-refractivity contribution is 7.12. The number of hydrogen-bond acceptors (Lipinski definition) is 11. The summed E-state index contributed by atoms with van der Waals surface area (Å²) < 4.78 is 11.6. The Morgan fingerprint density at radius 1 is 1.07 bits per heavy atom. The van der Waals surface area contributed by atoms with E-state index in [2.05, 4.69) is 29.9 Å². The first-order valence-electron chi connectivity index (χ1n) is 13.8. The second kappa shape index (κ2) is 11.6. The van der Waals surface area contributed by atoms with Crippen LogP contribution in [0, 0.1) is 6.92 Å². The van der Waals surface area contributed by atoms with Crippen LogP contribution in [0.25, 0.3) is 16.0 Å². The van der Waals surface area contributed by atoms with Gasteiger partial charge in [0.15, 0.2) is 5.82 Å². The summed E-state index contributed by atoms with van der Waals surface area (Å²) in [4.78, 5) is 38.5. The molecule has 5 heterocycles. The molecule has 0 atom stereocenters. The molecule has 1 aliphatic heterocycles. The van der Waals surface area contributed by atoms with Crippen molar-refractivity contribution in [3.63, 3.8) is 0 Å². The molecule has 1 aromatic carbocycles. The number of nitrogens with zero attached hydrogens (tertiary/aromatic N) is 7. The molecule has 0 unspecified atom stereocenters. The van der Waals surface area contributed by atoms with Crippen molar-refractivity contribution in [3.8, 4) is 5.13 Å². The number of piperazine rings is 1. The molecule has 222 valence electrons. The summed E-state index contributed by atoms with van der Waals surface area (Å²) in [5.41, 5.74) is 2.94. The zero-order valence-corrected chi connectivity index (χ0v) is 25.8. The van der Waals surface area contributed by atoms with E-state index < -0.39 is 5.60 Å². The number of amides is 2. The van der Waals surface area contributed by atoms with Crippen molar-refractivity contribution in [1.29, 1.82) is 0 Å². The van der Waals surface area contributed by atoms with Gasteiger partial charge in [-0.2, -0.15) is 4.37 Å². The molecule has 0 radical (unpaired) electrons. The summed E-state index contributed by atoms with van der Waals surface area (Å²) in [6.45, 7) is 9.73. The van der Waals surface area contributed by atoms with Crippen molar-refractivity contribution in [2.75, 3.05) is 41.7 Å². The van der Waals surface area contributed by atoms with Gasteiger partial charge in [0.05, 0.1) is 28.8 Å². The molecule has 0 aliphatic carbocycles. The molecule has 4 aromatic heterocycles. The second-order valence-corrected chi connectivity index (χ2v) is 12.7. The van der Waals surface area contributed by atoms with E-state index in [0.717, 1.165) is 27.3 Å². The molecule has 2 amide bonds. The third kappa shape index (κ3) is 6.29. The lowest BCUT2D eigenvalue weighted by Gasteiger charge is -2.37. The largest absolute Gasteiger partial charge is 0.444 e. The van der Waals surface area contributed by atoms with Gasteiger partial charge in [-0.3, -0.25) is 9.78 Å². The lowest BCUT2D eigenvalue weighted by molar-refractivity contribution is 0.0240. The first-order chi connectivity index (χ1) is 20.6. The summed E-state index contributed by atoms with van der Waals surface area (Å²) in [7, 11) is 0. The Hall–Kier alpha value is -4.56. The van der Waals surface area contributed by atoms with E-state index in [0.29, 0.717) is 42.8 Å². The summed E-state index contributed by atoms with van der Waals surface area (Å²) in [5, 5.41) is 15.2. The van der Waals surface area contributed by atoms with Crippen LogP contribution in [0.3, 0.4) is 0 Å². The number of hydrogen-bond donors (Lipinski definition) is 2. The number of rotatable bonds is 6. The summed E-state index contributed by atoms with van der Waals surface area (Å²) in [6.07, 6.45) is 3.00. The summed E-state index contributed by atoms with van der Waals surface area (Å²) in [6, 6.07) is 11.7. The lowest BCUT2D eigenvalue weighted by Crippen LogP contribution is -2.50. The Bertz CT molecular complexity index is 1780. The van der Waals surface area contributed by atoms with Gasteiger partial charge in [0.1, 0.15) is 16.3 Å². The van der Waals surface area contributed by atoms with Crippen molar-refractivity contribution >= 4 is 68.0 Å². The molecule has 12 nitrogen and oxygen atoms in total. The van der Waals surface area contributed by atoms with Gasteiger partial charge in [0.25, 0.3) is 5.91 Å². The highest BCUT2D eigenvalue weighted by Gasteiger charge is 2.27. The van der Waals surface area contributed by atoms with Gasteiger partial charge >= 0.3 is 6.09 Å². The smallest absolute Gasteiger partial charge is 0.410 e. The average molecular weight is 618 g/mol. The fraction of sp³-hybridized carbons (Fsp3) is 0.310. The predicted molar refractivity (Wildman–Crippen MR) is 169 cm³/mol. The minimum absolute atomic E-state index is 0.275. The standard InChI is InChI=1S/C29H31N9O3S2/c1-18-15-24(43-35-18)33-25-19-7-5-6-8-22(19)38(34-25)27-32-21(17-42-27)26(39)31-20-16-30-10-9-23(20)36-11-13-37(14-12-36)28(40)41-29(2,3)4/h5-10,15-17H,11-14H2,1-4H3,(H,31,39)(H,33,34). The molecular formula is C29H31N9O3S2. The van der Waals surface area contributed by atoms with Crippen LogP contribution in [-0.2, 0) is 4.74 Å². The number of pyridine rings is 1. The third-order valence-corrected chi connectivity index (χ3v) is 8.29. The van der Waals surface area contributed by atoms with E-state index in [1.807, 2.05) is 64.1 Å². The molecule has 6 rings (SSSR count). The Labute approximate surface area is 256 Å². The Balaban J connectivity index is 1.17. The number of nitrogens with one attached hydrogen (secondary N) is 2. The monoisotopic (exact) mass is 617 g/mol. The van der Waals surface area contributed by atoms with Gasteiger partial charge in [-0.1, -0.05) is 12.1 Å². The van der Waals surface area contributed by atoms with Crippen LogP contribution in [0.15, 0.2) is 54.2 Å². The average Bonchev–Trinajstić information content (AvgIpc) is 3.72. The van der Waals surface area contributed by atoms with Crippen molar-refractivity contribution in [3.05, 3.63) is 65.6 Å². The Kier molecular flexibility index (Phi) is 7.71. The zero-order chi connectivity index (χ0) is 30.1. The first kappa shape index (κ1) is 28.6. The molecule has 5 aromatic rings. The van der Waals surface area contributed by atoms with E-state index >= 15 is 0 Å². The lowest BCUT2D eigenvalue weighted by atomic mass is 10.2. The molecular weight excluding hydrogens is 587 g/mol. The van der Waals surface area contributed by atoms with E-state index in [1.54, 1.807) is 27.4 Å². The van der Waals surface area contributed by atoms with Crippen LogP contribution in [-0.4, -0.2) is 72.8 Å². The van der Waals surface area contributed by atoms with Crippen molar-refractivity contribution in [2.45, 2.75) is 33.3 Å². The Morgan fingerprint density at radius 3 is 2.60 bits per heavy atom. The van der Waals surface area contributed by atoms with Gasteiger partial charge in [0, 0.05) is 43.1 Å². The zero-order valence-electron chi connectivity index (χ0n) is 24.2. The molecule has 1 fully saturated rings. The maximum Gasteiger partial charge on any atom is 0.410 e. The number of anilines is 4. The number of para-hydroxylation sites is 1. The van der Waals surface area contributed by atoms with Crippen molar-refractivity contribution in [1.82, 2.24) is 29.0 Å². The summed E-state index contributed by atoms with van der Waals surface area (Å²) in [5.74, 6) is 0.339. The fourth-order valence-corrected chi connectivity index (χ4v) is 6.14. The number of ether oxygens (including phenoxy) is 1. The minimum atomic E-state index is -0.545. The SMILES string of the molecule is Cc1cc(Nc2nn(-c3nc(C(=O)Nc4cnccc4N4CCN(C(=O)OC(C)(C)C)CC4)cs3)c3ccccc23)sn1. The van der Waals surface area contributed by atoms with Crippen molar-refractivity contribution < 1.29 is 14.3 Å². The molecule has 0 spiro atoms. The fourth-order valence-electron chi connectivity index (χ4n) is 4.71. The molecule has 2 N–H and O–H groups in total. The number of aromatic nitrogens is 5. The number of carbonyl (C=O) groups excluding carboxylic acids is 2. The highest BCUT2D eigenvalue weighted by atomic mass is 32.1. The maximum absolute atomic E-state index is 13.3. The van der Waals surface area contributed by atoms with Crippen LogP contribution >= 0.6 is 22.9 Å². The topological polar surface area (TPSA) is 130 Å². The molecule has 43 heavy (non-hydrogen) atoms. The molecule has 0 saturated carbocycles. The molecule has 1 saturated heterocycles. The van der Waals surface area contributed by atoms with Gasteiger partial charge < -0.3 is 25.2 Å². The Morgan fingerprint density at radius 2 is 1.86 bits per heavy atom. The molecule has 0 bridgehead atoms. The first-order valence-corrected chi connectivity index (χ1v) is 15.4. The third-order valence-electron chi connectivity index (χ3n) is 6.68. The number of aryl methyl sites for hydroxylation is 1. The number of benzene rings is 1. The maximum atomic E-state index is 13.3. The minimum Gasteiger partial charge on any atom is -0.444 e. The highest BCUT2D eigenvalue weighted by Crippen LogP contribution is 2.31. The predicted octanol–water partition coefficient (Wildman–Crippen LogP) is 5.69. The van der Waals surface area contributed by atoms with Gasteiger partial charge in [-0.05, 0) is 63.5 Å². The molecule has 1 aliphatic rings. The van der Waals surface area contributed by atoms with Crippen LogP contribution in [0.4, 0.5) is 27.0 Å². The normalized spacial score (nSPS) is 13.8. The van der Waals surface area contributed by atoms with Crippen LogP contribution in [0.2, 0.25) is 0 Å². The van der Waals surface area contributed by atoms with E-state index in [9.17, 15) is 9.59 Å². The molecule has 14 heteroatoms. The van der Waals surface area contributed by atoms with E-state index in [-0.39, 0.29) is 17.7 Å². The van der Waals surface area contributed by atoms with Crippen molar-refractivity contribution in [2.24, 2.45) is 0 Å². The number of fused-ring (bicyclic) bond motifs is 1. The van der Waals surface area contributed by atoms with Crippen LogP contribution in [0.1, 0.15) is 37.0 Å². The number of thiazole rings is 1. The van der Waals surface area contributed by atoms with E-state index in [1.165, 1.54) is 22.9 Å². The quantitative estimate of drug-likeness (QED) is 0.247. The second-order valence-electron chi connectivity index (χ2n) is 11.1. The van der Waals surface area contributed by atoms with Crippen LogP contribution < -0.4 is 15.5 Å². The van der Waals surface area contributed by atoms with Gasteiger partial charge in [0.2, 0.25) is 5.13 Å².